The van der Waals surface area contributed by atoms with Crippen LogP contribution in [0.1, 0.15) is 36.0 Å². The predicted octanol–water partition coefficient (Wildman–Crippen LogP) is 1.31. The van der Waals surface area contributed by atoms with Gasteiger partial charge in [-0.1, -0.05) is 18.9 Å². The van der Waals surface area contributed by atoms with Crippen LogP contribution in [0, 0.1) is 0 Å². The lowest BCUT2D eigenvalue weighted by atomic mass is 9.98. The van der Waals surface area contributed by atoms with E-state index in [0.717, 1.165) is 25.7 Å². The van der Waals surface area contributed by atoms with E-state index in [0.29, 0.717) is 17.0 Å². The molecule has 0 bridgehead atoms. The molecular weight excluding hydrogens is 244 g/mol. The zero-order valence-electron chi connectivity index (χ0n) is 11.1. The maximum atomic E-state index is 12.3. The number of carbonyl (C=O) groups excluding carboxylic acids is 1. The van der Waals surface area contributed by atoms with Gasteiger partial charge >= 0.3 is 0 Å². The first-order chi connectivity index (χ1) is 9.12. The predicted molar refractivity (Wildman–Crippen MR) is 73.2 cm³/mol. The first kappa shape index (κ1) is 13.7. The van der Waals surface area contributed by atoms with E-state index in [-0.39, 0.29) is 12.5 Å². The van der Waals surface area contributed by atoms with Gasteiger partial charge in [-0.05, 0) is 25.0 Å². The molecule has 5 nitrogen and oxygen atoms in total. The molecule has 0 aromatic heterocycles. The average molecular weight is 264 g/mol. The molecule has 0 aliphatic heterocycles. The fourth-order valence-electron chi connectivity index (χ4n) is 2.60. The number of para-hydroxylation sites is 1. The van der Waals surface area contributed by atoms with Crippen LogP contribution in [0.25, 0.3) is 0 Å². The van der Waals surface area contributed by atoms with Crippen molar-refractivity contribution in [3.8, 4) is 5.75 Å². The summed E-state index contributed by atoms with van der Waals surface area (Å²) in [6.45, 7) is -0.0391. The Labute approximate surface area is 112 Å². The highest BCUT2D eigenvalue weighted by molar-refractivity contribution is 6.00. The van der Waals surface area contributed by atoms with E-state index in [1.165, 1.54) is 7.11 Å². The van der Waals surface area contributed by atoms with Crippen molar-refractivity contribution in [2.45, 2.75) is 31.2 Å². The summed E-state index contributed by atoms with van der Waals surface area (Å²) < 4.78 is 5.10. The van der Waals surface area contributed by atoms with Crippen molar-refractivity contribution in [1.29, 1.82) is 0 Å². The standard InChI is InChI=1S/C14H20N2O3/c1-19-11-6-4-5-10(12(11)15)13(18)16-14(9-17)7-2-3-8-14/h4-6,17H,2-3,7-9,15H2,1H3,(H,16,18). The molecule has 2 rings (SSSR count). The Bertz CT molecular complexity index is 468. The molecule has 1 aromatic carbocycles. The van der Waals surface area contributed by atoms with E-state index in [2.05, 4.69) is 5.32 Å². The van der Waals surface area contributed by atoms with Gasteiger partial charge in [-0.3, -0.25) is 4.79 Å². The monoisotopic (exact) mass is 264 g/mol. The molecule has 1 amide bonds. The van der Waals surface area contributed by atoms with Crippen LogP contribution in [-0.4, -0.2) is 30.3 Å². The first-order valence-corrected chi connectivity index (χ1v) is 6.48. The number of aliphatic hydroxyl groups excluding tert-OH is 1. The summed E-state index contributed by atoms with van der Waals surface area (Å²) in [7, 11) is 1.51. The summed E-state index contributed by atoms with van der Waals surface area (Å²) in [5.41, 5.74) is 6.13. The Morgan fingerprint density at radius 2 is 2.16 bits per heavy atom. The number of hydrogen-bond donors (Lipinski definition) is 3. The second-order valence-corrected chi connectivity index (χ2v) is 5.02. The molecule has 0 unspecified atom stereocenters. The minimum absolute atomic E-state index is 0.0391. The Kier molecular flexibility index (Phi) is 3.95. The summed E-state index contributed by atoms with van der Waals surface area (Å²) in [4.78, 5) is 12.3. The van der Waals surface area contributed by atoms with Gasteiger partial charge < -0.3 is 20.9 Å². The van der Waals surface area contributed by atoms with Gasteiger partial charge in [0.15, 0.2) is 0 Å². The highest BCUT2D eigenvalue weighted by atomic mass is 16.5. The average Bonchev–Trinajstić information content (AvgIpc) is 2.88. The van der Waals surface area contributed by atoms with Gasteiger partial charge in [0.25, 0.3) is 5.91 Å². The fourth-order valence-corrected chi connectivity index (χ4v) is 2.60. The highest BCUT2D eigenvalue weighted by Gasteiger charge is 2.35. The van der Waals surface area contributed by atoms with E-state index < -0.39 is 5.54 Å². The Morgan fingerprint density at radius 1 is 1.47 bits per heavy atom. The zero-order valence-corrected chi connectivity index (χ0v) is 11.1. The molecule has 4 N–H and O–H groups in total. The number of benzene rings is 1. The van der Waals surface area contributed by atoms with Crippen molar-refractivity contribution in [3.05, 3.63) is 23.8 Å². The summed E-state index contributed by atoms with van der Waals surface area (Å²) in [5.74, 6) is 0.226. The molecule has 0 heterocycles. The van der Waals surface area contributed by atoms with Gasteiger partial charge in [-0.2, -0.15) is 0 Å². The smallest absolute Gasteiger partial charge is 0.254 e. The lowest BCUT2D eigenvalue weighted by Crippen LogP contribution is -2.49. The molecule has 104 valence electrons. The maximum Gasteiger partial charge on any atom is 0.254 e. The number of aliphatic hydroxyl groups is 1. The number of nitrogen functional groups attached to an aromatic ring is 1. The minimum Gasteiger partial charge on any atom is -0.495 e. The molecule has 0 radical (unpaired) electrons. The van der Waals surface area contributed by atoms with Crippen LogP contribution in [0.4, 0.5) is 5.69 Å². The molecular formula is C14H20N2O3. The van der Waals surface area contributed by atoms with Crippen molar-refractivity contribution < 1.29 is 14.6 Å². The molecule has 1 fully saturated rings. The normalized spacial score (nSPS) is 17.2. The molecule has 5 heteroatoms. The molecule has 1 aliphatic carbocycles. The summed E-state index contributed by atoms with van der Waals surface area (Å²) in [6.07, 6.45) is 3.65. The third-order valence-corrected chi connectivity index (χ3v) is 3.77. The van der Waals surface area contributed by atoms with Gasteiger partial charge in [-0.15, -0.1) is 0 Å². The molecule has 0 spiro atoms. The van der Waals surface area contributed by atoms with Crippen molar-refractivity contribution >= 4 is 11.6 Å². The SMILES string of the molecule is COc1cccc(C(=O)NC2(CO)CCCC2)c1N. The van der Waals surface area contributed by atoms with Crippen LogP contribution in [0.5, 0.6) is 5.75 Å². The molecule has 19 heavy (non-hydrogen) atoms. The number of hydrogen-bond acceptors (Lipinski definition) is 4. The fraction of sp³-hybridized carbons (Fsp3) is 0.500. The number of anilines is 1. The quantitative estimate of drug-likeness (QED) is 0.716. The van der Waals surface area contributed by atoms with Crippen LogP contribution in [0.15, 0.2) is 18.2 Å². The van der Waals surface area contributed by atoms with Crippen molar-refractivity contribution in [3.63, 3.8) is 0 Å². The van der Waals surface area contributed by atoms with Crippen LogP contribution >= 0.6 is 0 Å². The third-order valence-electron chi connectivity index (χ3n) is 3.77. The minimum atomic E-state index is -0.493. The van der Waals surface area contributed by atoms with Crippen LogP contribution < -0.4 is 15.8 Å². The third kappa shape index (κ3) is 2.66. The Morgan fingerprint density at radius 3 is 2.74 bits per heavy atom. The number of methoxy groups -OCH3 is 1. The first-order valence-electron chi connectivity index (χ1n) is 6.48. The van der Waals surface area contributed by atoms with E-state index in [9.17, 15) is 9.90 Å². The lowest BCUT2D eigenvalue weighted by molar-refractivity contribution is 0.0839. The molecule has 0 saturated heterocycles. The van der Waals surface area contributed by atoms with Crippen molar-refractivity contribution in [2.24, 2.45) is 0 Å². The molecule has 0 atom stereocenters. The summed E-state index contributed by atoms with van der Waals surface area (Å²) >= 11 is 0. The van der Waals surface area contributed by atoms with Crippen LogP contribution in [0.2, 0.25) is 0 Å². The van der Waals surface area contributed by atoms with Gasteiger partial charge in [0.1, 0.15) is 5.75 Å². The van der Waals surface area contributed by atoms with Gasteiger partial charge in [-0.25, -0.2) is 0 Å². The Hall–Kier alpha value is -1.75. The number of ether oxygens (including phenoxy) is 1. The van der Waals surface area contributed by atoms with Gasteiger partial charge in [0.2, 0.25) is 0 Å². The largest absolute Gasteiger partial charge is 0.495 e. The van der Waals surface area contributed by atoms with Crippen LogP contribution in [-0.2, 0) is 0 Å². The van der Waals surface area contributed by atoms with E-state index in [1.807, 2.05) is 0 Å². The molecule has 1 aliphatic rings. The highest BCUT2D eigenvalue weighted by Crippen LogP contribution is 2.31. The lowest BCUT2D eigenvalue weighted by Gasteiger charge is -2.28. The number of amides is 1. The maximum absolute atomic E-state index is 12.3. The van der Waals surface area contributed by atoms with E-state index in [4.69, 9.17) is 10.5 Å². The van der Waals surface area contributed by atoms with Crippen LogP contribution in [0.3, 0.4) is 0 Å². The van der Waals surface area contributed by atoms with E-state index in [1.54, 1.807) is 18.2 Å². The molecule has 1 aromatic rings. The second kappa shape index (κ2) is 5.48. The molecule has 1 saturated carbocycles. The van der Waals surface area contributed by atoms with Crippen molar-refractivity contribution in [1.82, 2.24) is 5.32 Å². The Balaban J connectivity index is 2.20. The van der Waals surface area contributed by atoms with Gasteiger partial charge in [0.05, 0.1) is 30.5 Å². The number of carbonyl (C=O) groups is 1. The number of rotatable bonds is 4. The van der Waals surface area contributed by atoms with Gasteiger partial charge in [0, 0.05) is 0 Å². The second-order valence-electron chi connectivity index (χ2n) is 5.02. The topological polar surface area (TPSA) is 84.6 Å². The van der Waals surface area contributed by atoms with E-state index >= 15 is 0 Å². The zero-order chi connectivity index (χ0) is 13.9. The number of nitrogens with two attached hydrogens (primary N) is 1. The number of nitrogens with one attached hydrogen (secondary N) is 1. The summed E-state index contributed by atoms with van der Waals surface area (Å²) in [5, 5.41) is 12.4. The van der Waals surface area contributed by atoms with Crippen molar-refractivity contribution in [2.75, 3.05) is 19.5 Å². The summed E-state index contributed by atoms with van der Waals surface area (Å²) in [6, 6.07) is 5.10.